The molecule has 1 rings (SSSR count). The fourth-order valence-electron chi connectivity index (χ4n) is 2.31. The van der Waals surface area contributed by atoms with E-state index >= 15 is 0 Å². The number of amides is 1. The van der Waals surface area contributed by atoms with E-state index in [0.717, 1.165) is 12.8 Å². The van der Waals surface area contributed by atoms with Crippen LogP contribution < -0.4 is 5.32 Å². The van der Waals surface area contributed by atoms with Gasteiger partial charge in [0.15, 0.2) is 0 Å². The average Bonchev–Trinajstić information content (AvgIpc) is 2.45. The smallest absolute Gasteiger partial charge is 0.220 e. The van der Waals surface area contributed by atoms with E-state index in [0.29, 0.717) is 12.2 Å². The third kappa shape index (κ3) is 5.30. The summed E-state index contributed by atoms with van der Waals surface area (Å²) < 4.78 is 5.50. The Hall–Kier alpha value is -1.11. The second-order valence-corrected chi connectivity index (χ2v) is 5.68. The SMILES string of the molecule is CCCCC(=O)NCC(O)C(O)C1OC(C)=C[C@@H](O)[C@H]1C. The predicted octanol–water partition coefficient (Wildman–Crippen LogP) is 0.314. The number of unbranched alkanes of at least 4 members (excludes halogenated alkanes) is 1. The number of ether oxygens (including phenoxy) is 1. The highest BCUT2D eigenvalue weighted by atomic mass is 16.5. The molecule has 1 heterocycles. The summed E-state index contributed by atoms with van der Waals surface area (Å²) >= 11 is 0. The molecule has 1 aliphatic heterocycles. The van der Waals surface area contributed by atoms with Crippen LogP contribution in [0.15, 0.2) is 11.8 Å². The third-order valence-electron chi connectivity index (χ3n) is 3.78. The van der Waals surface area contributed by atoms with Gasteiger partial charge in [-0.2, -0.15) is 0 Å². The van der Waals surface area contributed by atoms with Crippen LogP contribution in [0.2, 0.25) is 0 Å². The van der Waals surface area contributed by atoms with E-state index in [1.165, 1.54) is 0 Å². The van der Waals surface area contributed by atoms with Crippen LogP contribution in [0.5, 0.6) is 0 Å². The van der Waals surface area contributed by atoms with Crippen molar-refractivity contribution in [1.29, 1.82) is 0 Å². The minimum Gasteiger partial charge on any atom is -0.492 e. The molecule has 3 unspecified atom stereocenters. The Morgan fingerprint density at radius 3 is 2.76 bits per heavy atom. The van der Waals surface area contributed by atoms with Crippen LogP contribution in [0.25, 0.3) is 0 Å². The molecule has 6 heteroatoms. The quantitative estimate of drug-likeness (QED) is 0.542. The molecule has 21 heavy (non-hydrogen) atoms. The fourth-order valence-corrected chi connectivity index (χ4v) is 2.31. The lowest BCUT2D eigenvalue weighted by Gasteiger charge is -2.36. The maximum absolute atomic E-state index is 11.5. The number of hydrogen-bond acceptors (Lipinski definition) is 5. The lowest BCUT2D eigenvalue weighted by Crippen LogP contribution is -2.50. The lowest BCUT2D eigenvalue weighted by atomic mass is 9.89. The molecular weight excluding hydrogens is 274 g/mol. The fraction of sp³-hybridized carbons (Fsp3) is 0.800. The first kappa shape index (κ1) is 17.9. The second kappa shape index (κ2) is 8.36. The Morgan fingerprint density at radius 2 is 2.14 bits per heavy atom. The molecule has 6 nitrogen and oxygen atoms in total. The number of aliphatic hydroxyl groups excluding tert-OH is 3. The first-order valence-electron chi connectivity index (χ1n) is 7.52. The van der Waals surface area contributed by atoms with Crippen LogP contribution in [0, 0.1) is 5.92 Å². The van der Waals surface area contributed by atoms with Crippen molar-refractivity contribution in [1.82, 2.24) is 5.32 Å². The van der Waals surface area contributed by atoms with E-state index in [-0.39, 0.29) is 18.4 Å². The molecular formula is C15H27NO5. The van der Waals surface area contributed by atoms with E-state index in [9.17, 15) is 20.1 Å². The van der Waals surface area contributed by atoms with E-state index in [4.69, 9.17) is 4.74 Å². The Balaban J connectivity index is 2.48. The van der Waals surface area contributed by atoms with Crippen molar-refractivity contribution >= 4 is 5.91 Å². The van der Waals surface area contributed by atoms with Gasteiger partial charge in [-0.05, 0) is 19.4 Å². The van der Waals surface area contributed by atoms with Crippen molar-refractivity contribution in [2.24, 2.45) is 5.92 Å². The maximum atomic E-state index is 11.5. The average molecular weight is 301 g/mol. The van der Waals surface area contributed by atoms with Crippen molar-refractivity contribution < 1.29 is 24.9 Å². The molecule has 0 spiro atoms. The summed E-state index contributed by atoms with van der Waals surface area (Å²) in [6.07, 6.45) is -0.0229. The molecule has 5 atom stereocenters. The van der Waals surface area contributed by atoms with Crippen LogP contribution in [0.3, 0.4) is 0 Å². The summed E-state index contributed by atoms with van der Waals surface area (Å²) in [4.78, 5) is 11.5. The number of carbonyl (C=O) groups excluding carboxylic acids is 1. The molecule has 0 bridgehead atoms. The topological polar surface area (TPSA) is 99.0 Å². The molecule has 4 N–H and O–H groups in total. The van der Waals surface area contributed by atoms with Gasteiger partial charge in [0, 0.05) is 18.9 Å². The van der Waals surface area contributed by atoms with Crippen molar-refractivity contribution in [2.45, 2.75) is 64.4 Å². The molecule has 122 valence electrons. The number of carbonyl (C=O) groups is 1. The number of hydrogen-bond donors (Lipinski definition) is 4. The van der Waals surface area contributed by atoms with Gasteiger partial charge in [-0.1, -0.05) is 20.3 Å². The van der Waals surface area contributed by atoms with Gasteiger partial charge in [0.05, 0.1) is 11.9 Å². The van der Waals surface area contributed by atoms with E-state index in [1.807, 2.05) is 6.92 Å². The Morgan fingerprint density at radius 1 is 1.48 bits per heavy atom. The summed E-state index contributed by atoms with van der Waals surface area (Å²) in [6, 6.07) is 0. The first-order chi connectivity index (χ1) is 9.86. The van der Waals surface area contributed by atoms with Crippen LogP contribution in [0.4, 0.5) is 0 Å². The van der Waals surface area contributed by atoms with Gasteiger partial charge < -0.3 is 25.4 Å². The standard InChI is InChI=1S/C15H27NO5/c1-4-5-6-13(19)16-8-12(18)14(20)15-10(3)11(17)7-9(2)21-15/h7,10-12,14-15,17-18,20H,4-6,8H2,1-3H3,(H,16,19)/t10-,11-,12?,14?,15?/m1/s1. The van der Waals surface area contributed by atoms with Crippen molar-refractivity contribution in [3.05, 3.63) is 11.8 Å². The van der Waals surface area contributed by atoms with Crippen LogP contribution in [-0.4, -0.2) is 52.2 Å². The molecule has 0 radical (unpaired) electrons. The molecule has 0 saturated carbocycles. The van der Waals surface area contributed by atoms with Crippen LogP contribution in [0.1, 0.15) is 40.0 Å². The molecule has 1 amide bonds. The summed E-state index contributed by atoms with van der Waals surface area (Å²) in [5, 5.41) is 32.6. The van der Waals surface area contributed by atoms with Crippen LogP contribution >= 0.6 is 0 Å². The lowest BCUT2D eigenvalue weighted by molar-refractivity contribution is -0.126. The highest BCUT2D eigenvalue weighted by Gasteiger charge is 2.37. The second-order valence-electron chi connectivity index (χ2n) is 5.68. The summed E-state index contributed by atoms with van der Waals surface area (Å²) in [5.74, 6) is 0.0368. The third-order valence-corrected chi connectivity index (χ3v) is 3.78. The molecule has 0 aromatic heterocycles. The Bertz CT molecular complexity index is 371. The molecule has 0 aromatic rings. The summed E-state index contributed by atoms with van der Waals surface area (Å²) in [5.41, 5.74) is 0. The van der Waals surface area contributed by atoms with E-state index < -0.39 is 24.4 Å². The zero-order chi connectivity index (χ0) is 16.0. The van der Waals surface area contributed by atoms with Gasteiger partial charge in [-0.25, -0.2) is 0 Å². The molecule has 1 aliphatic rings. The Kier molecular flexibility index (Phi) is 7.14. The number of rotatable bonds is 7. The summed E-state index contributed by atoms with van der Waals surface area (Å²) in [7, 11) is 0. The van der Waals surface area contributed by atoms with Gasteiger partial charge in [0.1, 0.15) is 18.3 Å². The molecule has 0 aromatic carbocycles. The van der Waals surface area contributed by atoms with E-state index in [1.54, 1.807) is 19.9 Å². The normalized spacial score (nSPS) is 28.3. The molecule has 0 aliphatic carbocycles. The highest BCUT2D eigenvalue weighted by molar-refractivity contribution is 5.75. The summed E-state index contributed by atoms with van der Waals surface area (Å²) in [6.45, 7) is 5.39. The molecule has 0 fully saturated rings. The van der Waals surface area contributed by atoms with Crippen molar-refractivity contribution in [3.8, 4) is 0 Å². The number of nitrogens with one attached hydrogen (secondary N) is 1. The van der Waals surface area contributed by atoms with Gasteiger partial charge in [-0.3, -0.25) is 4.79 Å². The minimum atomic E-state index is -1.18. The monoisotopic (exact) mass is 301 g/mol. The largest absolute Gasteiger partial charge is 0.492 e. The zero-order valence-corrected chi connectivity index (χ0v) is 13.0. The predicted molar refractivity (Wildman–Crippen MR) is 78.3 cm³/mol. The number of allylic oxidation sites excluding steroid dienone is 1. The van der Waals surface area contributed by atoms with E-state index in [2.05, 4.69) is 5.32 Å². The maximum Gasteiger partial charge on any atom is 0.220 e. The van der Waals surface area contributed by atoms with Crippen molar-refractivity contribution in [3.63, 3.8) is 0 Å². The molecule has 0 saturated heterocycles. The zero-order valence-electron chi connectivity index (χ0n) is 13.0. The Labute approximate surface area is 125 Å². The highest BCUT2D eigenvalue weighted by Crippen LogP contribution is 2.26. The van der Waals surface area contributed by atoms with Crippen LogP contribution in [-0.2, 0) is 9.53 Å². The van der Waals surface area contributed by atoms with Gasteiger partial charge in [-0.15, -0.1) is 0 Å². The number of aliphatic hydroxyl groups is 3. The van der Waals surface area contributed by atoms with Gasteiger partial charge >= 0.3 is 0 Å². The van der Waals surface area contributed by atoms with Gasteiger partial charge in [0.2, 0.25) is 5.91 Å². The van der Waals surface area contributed by atoms with Crippen molar-refractivity contribution in [2.75, 3.05) is 6.54 Å². The minimum absolute atomic E-state index is 0.0326. The first-order valence-corrected chi connectivity index (χ1v) is 7.52. The van der Waals surface area contributed by atoms with Gasteiger partial charge in [0.25, 0.3) is 0 Å².